The van der Waals surface area contributed by atoms with Crippen LogP contribution in [0.2, 0.25) is 0 Å². The summed E-state index contributed by atoms with van der Waals surface area (Å²) >= 11 is 3.27. The summed E-state index contributed by atoms with van der Waals surface area (Å²) in [4.78, 5) is 10.5. The summed E-state index contributed by atoms with van der Waals surface area (Å²) < 4.78 is 0.721. The molecule has 0 amide bonds. The number of carboxylic acids is 1. The summed E-state index contributed by atoms with van der Waals surface area (Å²) in [6.07, 6.45) is -0.158. The largest absolute Gasteiger partial charge is 0.508 e. The number of carboxylic acid groups (broad SMARTS) is 1. The molecule has 5 heteroatoms. The normalized spacial score (nSPS) is 12.5. The second-order valence-electron chi connectivity index (χ2n) is 3.35. The monoisotopic (exact) mass is 273 g/mol. The molecule has 0 radical (unpaired) electrons. The molecular weight excluding hydrogens is 262 g/mol. The van der Waals surface area contributed by atoms with E-state index in [0.29, 0.717) is 11.1 Å². The van der Waals surface area contributed by atoms with Crippen molar-refractivity contribution in [3.8, 4) is 5.75 Å². The summed E-state index contributed by atoms with van der Waals surface area (Å²) in [5.41, 5.74) is 6.98. The molecule has 0 aliphatic rings. The van der Waals surface area contributed by atoms with Crippen LogP contribution in [0.25, 0.3) is 0 Å². The Morgan fingerprint density at radius 1 is 1.60 bits per heavy atom. The number of hydrogen-bond acceptors (Lipinski definition) is 3. The average molecular weight is 274 g/mol. The maximum Gasteiger partial charge on any atom is 0.305 e. The molecule has 15 heavy (non-hydrogen) atoms. The highest BCUT2D eigenvalue weighted by molar-refractivity contribution is 9.10. The van der Waals surface area contributed by atoms with E-state index < -0.39 is 12.0 Å². The lowest BCUT2D eigenvalue weighted by molar-refractivity contribution is -0.137. The van der Waals surface area contributed by atoms with Gasteiger partial charge in [0.25, 0.3) is 0 Å². The number of rotatable bonds is 3. The molecule has 1 aromatic carbocycles. The first-order chi connectivity index (χ1) is 6.91. The van der Waals surface area contributed by atoms with Gasteiger partial charge in [-0.25, -0.2) is 0 Å². The molecule has 0 aliphatic carbocycles. The molecule has 0 aromatic heterocycles. The van der Waals surface area contributed by atoms with E-state index in [4.69, 9.17) is 10.8 Å². The van der Waals surface area contributed by atoms with Crippen molar-refractivity contribution in [2.24, 2.45) is 5.73 Å². The summed E-state index contributed by atoms with van der Waals surface area (Å²) in [6, 6.07) is 2.61. The van der Waals surface area contributed by atoms with E-state index in [-0.39, 0.29) is 12.2 Å². The molecule has 1 aromatic rings. The van der Waals surface area contributed by atoms with Gasteiger partial charge in [0.05, 0.1) is 6.42 Å². The number of nitrogens with two attached hydrogens (primary N) is 1. The third-order valence-corrected chi connectivity index (χ3v) is 2.99. The van der Waals surface area contributed by atoms with Crippen molar-refractivity contribution in [1.82, 2.24) is 0 Å². The molecule has 0 saturated carbocycles. The van der Waals surface area contributed by atoms with E-state index in [1.807, 2.05) is 0 Å². The summed E-state index contributed by atoms with van der Waals surface area (Å²) in [7, 11) is 0. The van der Waals surface area contributed by atoms with E-state index in [1.165, 1.54) is 6.07 Å². The van der Waals surface area contributed by atoms with Gasteiger partial charge in [0, 0.05) is 16.1 Å². The summed E-state index contributed by atoms with van der Waals surface area (Å²) in [6.45, 7) is 1.76. The molecule has 1 atom stereocenters. The molecule has 4 nitrogen and oxygen atoms in total. The highest BCUT2D eigenvalue weighted by atomic mass is 79.9. The predicted octanol–water partition coefficient (Wildman–Crippen LogP) is 1.94. The van der Waals surface area contributed by atoms with Crippen LogP contribution < -0.4 is 5.73 Å². The minimum Gasteiger partial charge on any atom is -0.508 e. The van der Waals surface area contributed by atoms with Crippen molar-refractivity contribution in [3.63, 3.8) is 0 Å². The summed E-state index contributed by atoms with van der Waals surface area (Å²) in [5, 5.41) is 18.1. The number of halogens is 1. The fraction of sp³-hybridized carbons (Fsp3) is 0.300. The molecule has 1 rings (SSSR count). The van der Waals surface area contributed by atoms with Crippen LogP contribution in [0.3, 0.4) is 0 Å². The number of carbonyl (C=O) groups is 1. The smallest absolute Gasteiger partial charge is 0.305 e. The molecule has 1 unspecified atom stereocenters. The Hall–Kier alpha value is -1.07. The van der Waals surface area contributed by atoms with Gasteiger partial charge in [0.2, 0.25) is 0 Å². The van der Waals surface area contributed by atoms with Gasteiger partial charge in [0.15, 0.2) is 0 Å². The Morgan fingerprint density at radius 2 is 2.20 bits per heavy atom. The van der Waals surface area contributed by atoms with Crippen LogP contribution >= 0.6 is 15.9 Å². The maximum absolute atomic E-state index is 10.5. The standard InChI is InChI=1S/C10H12BrNO3/c1-5-7(11)2-6(3-9(5)13)8(12)4-10(14)15/h2-3,8,13H,4,12H2,1H3,(H,14,15). The minimum absolute atomic E-state index is 0.111. The maximum atomic E-state index is 10.5. The lowest BCUT2D eigenvalue weighted by atomic mass is 10.0. The molecule has 82 valence electrons. The Morgan fingerprint density at radius 3 is 2.67 bits per heavy atom. The zero-order valence-electron chi connectivity index (χ0n) is 8.20. The second kappa shape index (κ2) is 4.63. The van der Waals surface area contributed by atoms with Crippen LogP contribution in [0.4, 0.5) is 0 Å². The van der Waals surface area contributed by atoms with Crippen LogP contribution in [0.15, 0.2) is 16.6 Å². The van der Waals surface area contributed by atoms with E-state index in [9.17, 15) is 9.90 Å². The van der Waals surface area contributed by atoms with Crippen molar-refractivity contribution in [2.75, 3.05) is 0 Å². The molecule has 0 saturated heterocycles. The number of phenols is 1. The SMILES string of the molecule is Cc1c(O)cc(C(N)CC(=O)O)cc1Br. The molecule has 0 fully saturated rings. The minimum atomic E-state index is -0.960. The lowest BCUT2D eigenvalue weighted by Gasteiger charge is -2.12. The zero-order valence-corrected chi connectivity index (χ0v) is 9.78. The van der Waals surface area contributed by atoms with Crippen molar-refractivity contribution in [3.05, 3.63) is 27.7 Å². The van der Waals surface area contributed by atoms with Gasteiger partial charge >= 0.3 is 5.97 Å². The molecule has 4 N–H and O–H groups in total. The third kappa shape index (κ3) is 2.94. The van der Waals surface area contributed by atoms with Crippen LogP contribution in [0.1, 0.15) is 23.6 Å². The van der Waals surface area contributed by atoms with Crippen LogP contribution in [0.5, 0.6) is 5.75 Å². The zero-order chi connectivity index (χ0) is 11.6. The Kier molecular flexibility index (Phi) is 3.71. The molecule has 0 heterocycles. The second-order valence-corrected chi connectivity index (χ2v) is 4.21. The number of benzene rings is 1. The predicted molar refractivity (Wildman–Crippen MR) is 59.7 cm³/mol. The fourth-order valence-electron chi connectivity index (χ4n) is 1.20. The van der Waals surface area contributed by atoms with Gasteiger partial charge in [-0.3, -0.25) is 4.79 Å². The van der Waals surface area contributed by atoms with Crippen LogP contribution in [-0.4, -0.2) is 16.2 Å². The number of hydrogen-bond donors (Lipinski definition) is 3. The highest BCUT2D eigenvalue weighted by Gasteiger charge is 2.13. The molecular formula is C10H12BrNO3. The Balaban J connectivity index is 3.00. The van der Waals surface area contributed by atoms with Gasteiger partial charge in [-0.2, -0.15) is 0 Å². The van der Waals surface area contributed by atoms with Gasteiger partial charge in [-0.15, -0.1) is 0 Å². The number of aromatic hydroxyl groups is 1. The van der Waals surface area contributed by atoms with Gasteiger partial charge in [-0.1, -0.05) is 15.9 Å². The molecule has 0 spiro atoms. The van der Waals surface area contributed by atoms with E-state index in [1.54, 1.807) is 13.0 Å². The first-order valence-electron chi connectivity index (χ1n) is 4.38. The highest BCUT2D eigenvalue weighted by Crippen LogP contribution is 2.29. The number of aliphatic carboxylic acids is 1. The first kappa shape index (κ1) is 12.0. The Labute approximate surface area is 95.8 Å². The summed E-state index contributed by atoms with van der Waals surface area (Å²) in [5.74, 6) is -0.848. The van der Waals surface area contributed by atoms with Gasteiger partial charge in [0.1, 0.15) is 5.75 Å². The van der Waals surface area contributed by atoms with Gasteiger partial charge in [-0.05, 0) is 24.6 Å². The van der Waals surface area contributed by atoms with Crippen LogP contribution in [0, 0.1) is 6.92 Å². The van der Waals surface area contributed by atoms with Crippen molar-refractivity contribution >= 4 is 21.9 Å². The average Bonchev–Trinajstić information content (AvgIpc) is 2.12. The van der Waals surface area contributed by atoms with E-state index in [2.05, 4.69) is 15.9 Å². The van der Waals surface area contributed by atoms with Crippen LogP contribution in [-0.2, 0) is 4.79 Å². The fourth-order valence-corrected chi connectivity index (χ4v) is 1.67. The third-order valence-electron chi connectivity index (χ3n) is 2.16. The number of phenolic OH excluding ortho intramolecular Hbond substituents is 1. The van der Waals surface area contributed by atoms with Crippen molar-refractivity contribution in [2.45, 2.75) is 19.4 Å². The van der Waals surface area contributed by atoms with E-state index >= 15 is 0 Å². The van der Waals surface area contributed by atoms with E-state index in [0.717, 1.165) is 4.47 Å². The van der Waals surface area contributed by atoms with Gasteiger partial charge < -0.3 is 15.9 Å². The molecule has 0 aliphatic heterocycles. The van der Waals surface area contributed by atoms with Crippen molar-refractivity contribution < 1.29 is 15.0 Å². The quantitative estimate of drug-likeness (QED) is 0.786. The molecule has 0 bridgehead atoms. The first-order valence-corrected chi connectivity index (χ1v) is 5.17. The topological polar surface area (TPSA) is 83.5 Å². The Bertz CT molecular complexity index is 369. The lowest BCUT2D eigenvalue weighted by Crippen LogP contribution is -2.15. The van der Waals surface area contributed by atoms with Crippen molar-refractivity contribution in [1.29, 1.82) is 0 Å².